The zero-order chi connectivity index (χ0) is 20.4. The van der Waals surface area contributed by atoms with Crippen molar-refractivity contribution in [3.8, 4) is 0 Å². The number of carbonyl (C=O) groups is 3. The molecule has 0 saturated carbocycles. The molecule has 2 amide bonds. The second kappa shape index (κ2) is 9.91. The van der Waals surface area contributed by atoms with Crippen molar-refractivity contribution in [3.05, 3.63) is 22.3 Å². The third-order valence-corrected chi connectivity index (χ3v) is 6.03. The summed E-state index contributed by atoms with van der Waals surface area (Å²) in [5.74, 6) is -2.03. The summed E-state index contributed by atoms with van der Waals surface area (Å²) in [4.78, 5) is 46.7. The van der Waals surface area contributed by atoms with Crippen LogP contribution in [0.25, 0.3) is 0 Å². The van der Waals surface area contributed by atoms with Gasteiger partial charge in [-0.1, -0.05) is 5.16 Å². The molecule has 1 aromatic rings. The first-order valence-electron chi connectivity index (χ1n) is 7.91. The Balaban J connectivity index is 0.00000225. The minimum absolute atomic E-state index is 0. The molecule has 1 aromatic heterocycles. The monoisotopic (exact) mass is 451 g/mol. The van der Waals surface area contributed by atoms with Crippen LogP contribution in [0.4, 0.5) is 5.13 Å². The fraction of sp³-hybridized carbons (Fsp3) is 0.400. The normalized spacial score (nSPS) is 21.1. The van der Waals surface area contributed by atoms with Crippen LogP contribution in [0.3, 0.4) is 0 Å². The summed E-state index contributed by atoms with van der Waals surface area (Å²) in [5, 5.41) is 17.0. The SMILES string of the molecule is COCC1=C(C(=O)O)N2C(=O)[C@@H](NC(=O)/C(=N/OC)c3csc(N)n3)[C@H]2SC1.[H-].[Na+]. The smallest absolute Gasteiger partial charge is 1.00 e. The Morgan fingerprint density at radius 1 is 1.52 bits per heavy atom. The number of nitrogens with one attached hydrogen (secondary N) is 1. The number of nitrogens with two attached hydrogens (primary N) is 1. The van der Waals surface area contributed by atoms with Gasteiger partial charge in [-0.05, 0) is 5.57 Å². The number of thiazole rings is 1. The van der Waals surface area contributed by atoms with Crippen LogP contribution in [0, 0.1) is 0 Å². The second-order valence-corrected chi connectivity index (χ2v) is 7.74. The standard InChI is InChI=1S/C15H17N5O6S2.Na.H/c1-25-3-6-4-27-13-9(12(22)20(13)10(6)14(23)24)18-11(21)8(19-26-2)7-5-28-15(16)17-7;;/h5,9,13H,3-4H2,1-2H3,(H2,16,17)(H,18,21)(H,23,24);;/q;+1;-1/b19-8+;;/t9-,13-;;/m1../s1. The van der Waals surface area contributed by atoms with E-state index in [1.54, 1.807) is 5.38 Å². The first kappa shape index (κ1) is 23.6. The minimum Gasteiger partial charge on any atom is -1.00 e. The first-order chi connectivity index (χ1) is 13.4. The van der Waals surface area contributed by atoms with Crippen molar-refractivity contribution >= 4 is 51.7 Å². The molecule has 11 nitrogen and oxygen atoms in total. The molecule has 29 heavy (non-hydrogen) atoms. The number of carboxylic acids is 1. The van der Waals surface area contributed by atoms with Crippen LogP contribution in [0.5, 0.6) is 0 Å². The first-order valence-corrected chi connectivity index (χ1v) is 9.84. The molecule has 1 saturated heterocycles. The molecule has 2 atom stereocenters. The minimum atomic E-state index is -1.21. The quantitative estimate of drug-likeness (QED) is 0.166. The van der Waals surface area contributed by atoms with Gasteiger partial charge in [0.1, 0.15) is 29.9 Å². The van der Waals surface area contributed by atoms with E-state index >= 15 is 0 Å². The van der Waals surface area contributed by atoms with Crippen molar-refractivity contribution in [1.82, 2.24) is 15.2 Å². The van der Waals surface area contributed by atoms with Crippen molar-refractivity contribution in [3.63, 3.8) is 0 Å². The Bertz CT molecular complexity index is 895. The maximum atomic E-state index is 12.6. The predicted molar refractivity (Wildman–Crippen MR) is 103 cm³/mol. The molecule has 152 valence electrons. The molecule has 3 rings (SSSR count). The van der Waals surface area contributed by atoms with Crippen LogP contribution in [0.15, 0.2) is 21.8 Å². The summed E-state index contributed by atoms with van der Waals surface area (Å²) in [5.41, 5.74) is 6.09. The van der Waals surface area contributed by atoms with Crippen molar-refractivity contribution in [1.29, 1.82) is 0 Å². The predicted octanol–water partition coefficient (Wildman–Crippen LogP) is -3.42. The molecule has 0 aliphatic carbocycles. The average Bonchev–Trinajstić information content (AvgIpc) is 3.09. The van der Waals surface area contributed by atoms with Gasteiger partial charge in [-0.15, -0.1) is 23.1 Å². The molecule has 0 radical (unpaired) electrons. The number of aromatic nitrogens is 1. The Labute approximate surface area is 197 Å². The number of rotatable bonds is 7. The fourth-order valence-electron chi connectivity index (χ4n) is 2.87. The molecule has 0 unspecified atom stereocenters. The second-order valence-electron chi connectivity index (χ2n) is 5.74. The summed E-state index contributed by atoms with van der Waals surface area (Å²) >= 11 is 2.47. The number of hydrogen-bond donors (Lipinski definition) is 3. The fourth-order valence-corrected chi connectivity index (χ4v) is 4.75. The van der Waals surface area contributed by atoms with Gasteiger partial charge in [0, 0.05) is 18.2 Å². The maximum absolute atomic E-state index is 12.6. The summed E-state index contributed by atoms with van der Waals surface area (Å²) in [6.07, 6.45) is 0. The van der Waals surface area contributed by atoms with Gasteiger partial charge in [0.25, 0.3) is 11.8 Å². The van der Waals surface area contributed by atoms with Gasteiger partial charge in [0.2, 0.25) is 0 Å². The molecular formula is C15H18N5NaO6S2. The summed E-state index contributed by atoms with van der Waals surface area (Å²) < 4.78 is 5.02. The number of amides is 2. The summed E-state index contributed by atoms with van der Waals surface area (Å²) in [6, 6.07) is -0.894. The summed E-state index contributed by atoms with van der Waals surface area (Å²) in [7, 11) is 2.73. The number of methoxy groups -OCH3 is 1. The van der Waals surface area contributed by atoms with Gasteiger partial charge >= 0.3 is 35.5 Å². The van der Waals surface area contributed by atoms with Gasteiger partial charge in [-0.3, -0.25) is 14.5 Å². The molecule has 2 aliphatic rings. The van der Waals surface area contributed by atoms with Gasteiger partial charge in [0.05, 0.1) is 6.61 Å². The number of hydrogen-bond acceptors (Lipinski definition) is 10. The molecule has 0 spiro atoms. The Morgan fingerprint density at radius 3 is 2.79 bits per heavy atom. The van der Waals surface area contributed by atoms with Crippen LogP contribution >= 0.6 is 23.1 Å². The number of thioether (sulfide) groups is 1. The number of carbonyl (C=O) groups excluding carboxylic acids is 2. The number of oxime groups is 1. The van der Waals surface area contributed by atoms with E-state index in [0.717, 1.165) is 11.3 Å². The number of ether oxygens (including phenoxy) is 1. The van der Waals surface area contributed by atoms with Crippen LogP contribution in [0.2, 0.25) is 0 Å². The zero-order valence-corrected chi connectivity index (χ0v) is 19.5. The zero-order valence-electron chi connectivity index (χ0n) is 16.9. The van der Waals surface area contributed by atoms with E-state index in [-0.39, 0.29) is 59.8 Å². The molecule has 0 bridgehead atoms. The summed E-state index contributed by atoms with van der Waals surface area (Å²) in [6.45, 7) is 0.109. The van der Waals surface area contributed by atoms with E-state index in [1.807, 2.05) is 0 Å². The maximum Gasteiger partial charge on any atom is 1.00 e. The molecule has 3 heterocycles. The van der Waals surface area contributed by atoms with E-state index in [4.69, 9.17) is 15.3 Å². The van der Waals surface area contributed by atoms with Crippen molar-refractivity contribution < 1.29 is 60.0 Å². The van der Waals surface area contributed by atoms with Crippen molar-refractivity contribution in [2.75, 3.05) is 32.3 Å². The molecule has 2 aliphatic heterocycles. The number of nitrogens with zero attached hydrogens (tertiary/aromatic N) is 3. The van der Waals surface area contributed by atoms with E-state index in [9.17, 15) is 19.5 Å². The molecule has 0 aromatic carbocycles. The number of aliphatic carboxylic acids is 1. The number of fused-ring (bicyclic) bond motifs is 1. The van der Waals surface area contributed by atoms with Crippen molar-refractivity contribution in [2.24, 2.45) is 5.16 Å². The molecule has 1 fully saturated rings. The van der Waals surface area contributed by atoms with Gasteiger partial charge < -0.3 is 27.2 Å². The third kappa shape index (κ3) is 4.59. The van der Waals surface area contributed by atoms with E-state index in [1.165, 1.54) is 30.9 Å². The molecule has 4 N–H and O–H groups in total. The van der Waals surface area contributed by atoms with Gasteiger partial charge in [0.15, 0.2) is 10.8 Å². The number of nitrogen functional groups attached to an aromatic ring is 1. The van der Waals surface area contributed by atoms with E-state index < -0.39 is 29.2 Å². The van der Waals surface area contributed by atoms with Crippen molar-refractivity contribution in [2.45, 2.75) is 11.4 Å². The van der Waals surface area contributed by atoms with Crippen LogP contribution in [-0.2, 0) is 24.0 Å². The van der Waals surface area contributed by atoms with E-state index in [2.05, 4.69) is 15.5 Å². The van der Waals surface area contributed by atoms with Crippen LogP contribution < -0.4 is 40.6 Å². The Morgan fingerprint density at radius 2 is 2.24 bits per heavy atom. The largest absolute Gasteiger partial charge is 1.00 e. The molecular weight excluding hydrogens is 433 g/mol. The van der Waals surface area contributed by atoms with E-state index in [0.29, 0.717) is 11.3 Å². The molecule has 14 heteroatoms. The number of anilines is 1. The Kier molecular flexibility index (Phi) is 8.08. The third-order valence-electron chi connectivity index (χ3n) is 4.02. The topological polar surface area (TPSA) is 156 Å². The Hall–Kier alpha value is -1.64. The average molecular weight is 451 g/mol. The number of carboxylic acid groups (broad SMARTS) is 1. The number of β-lactam (4-membered cyclic amide) rings is 1. The van der Waals surface area contributed by atoms with Gasteiger partial charge in [-0.25, -0.2) is 9.78 Å². The van der Waals surface area contributed by atoms with Crippen LogP contribution in [-0.4, -0.2) is 76.5 Å². The van der Waals surface area contributed by atoms with Gasteiger partial charge in [-0.2, -0.15) is 0 Å². The van der Waals surface area contributed by atoms with Crippen LogP contribution in [0.1, 0.15) is 7.12 Å².